The van der Waals surface area contributed by atoms with Gasteiger partial charge in [0.2, 0.25) is 11.8 Å². The minimum absolute atomic E-state index is 0.357. The summed E-state index contributed by atoms with van der Waals surface area (Å²) in [7, 11) is 1.90. The van der Waals surface area contributed by atoms with E-state index in [9.17, 15) is 9.59 Å². The van der Waals surface area contributed by atoms with Gasteiger partial charge in [0.15, 0.2) is 0 Å². The third-order valence-electron chi connectivity index (χ3n) is 2.23. The molecule has 1 fully saturated rings. The summed E-state index contributed by atoms with van der Waals surface area (Å²) in [6.07, 6.45) is 0.600. The molecule has 0 saturated carbocycles. The first kappa shape index (κ1) is 10.1. The van der Waals surface area contributed by atoms with Crippen LogP contribution in [0, 0.1) is 0 Å². The molecule has 13 heavy (non-hydrogen) atoms. The highest BCUT2D eigenvalue weighted by molar-refractivity contribution is 5.99. The lowest BCUT2D eigenvalue weighted by Crippen LogP contribution is -2.56. The number of likely N-dealkylation sites (tertiary alicyclic amines) is 1. The highest BCUT2D eigenvalue weighted by Crippen LogP contribution is 2.16. The second-order valence-electron chi connectivity index (χ2n) is 3.65. The largest absolute Gasteiger partial charge is 0.316 e. The zero-order chi connectivity index (χ0) is 10.1. The molecule has 5 heteroatoms. The molecule has 1 rings (SSSR count). The van der Waals surface area contributed by atoms with Crippen molar-refractivity contribution in [2.24, 2.45) is 5.73 Å². The lowest BCUT2D eigenvalue weighted by molar-refractivity contribution is -0.132. The molecule has 1 heterocycles. The van der Waals surface area contributed by atoms with Gasteiger partial charge in [-0.15, -0.1) is 0 Å². The Morgan fingerprint density at radius 2 is 2.15 bits per heavy atom. The Hall–Kier alpha value is -0.940. The monoisotopic (exact) mass is 185 g/mol. The molecule has 0 aromatic carbocycles. The highest BCUT2D eigenvalue weighted by atomic mass is 16.2. The Morgan fingerprint density at radius 1 is 1.54 bits per heavy atom. The third kappa shape index (κ3) is 2.26. The van der Waals surface area contributed by atoms with Crippen LogP contribution in [0.2, 0.25) is 0 Å². The lowest BCUT2D eigenvalue weighted by Gasteiger charge is -2.21. The van der Waals surface area contributed by atoms with E-state index in [1.165, 1.54) is 6.92 Å². The topological polar surface area (TPSA) is 75.4 Å². The maximum atomic E-state index is 11.4. The first-order valence-electron chi connectivity index (χ1n) is 4.23. The predicted octanol–water partition coefficient (Wildman–Crippen LogP) is -1.32. The number of nitrogens with one attached hydrogen (secondary N) is 1. The van der Waals surface area contributed by atoms with Crippen molar-refractivity contribution in [3.05, 3.63) is 0 Å². The number of carbonyl (C=O) groups excluding carboxylic acids is 2. The molecule has 1 unspecified atom stereocenters. The van der Waals surface area contributed by atoms with Gasteiger partial charge >= 0.3 is 0 Å². The van der Waals surface area contributed by atoms with Crippen LogP contribution in [0.15, 0.2) is 0 Å². The van der Waals surface area contributed by atoms with Crippen LogP contribution in [0.5, 0.6) is 0 Å². The van der Waals surface area contributed by atoms with Crippen LogP contribution in [0.4, 0.5) is 0 Å². The molecule has 1 atom stereocenters. The van der Waals surface area contributed by atoms with Gasteiger partial charge in [-0.3, -0.25) is 14.9 Å². The molecular formula is C8H15N3O2. The van der Waals surface area contributed by atoms with Crippen molar-refractivity contribution in [2.45, 2.75) is 18.9 Å². The number of amides is 2. The van der Waals surface area contributed by atoms with Crippen LogP contribution in [-0.2, 0) is 9.59 Å². The summed E-state index contributed by atoms with van der Waals surface area (Å²) < 4.78 is 0. The molecule has 1 aliphatic heterocycles. The number of rotatable bonds is 1. The second-order valence-corrected chi connectivity index (χ2v) is 3.65. The summed E-state index contributed by atoms with van der Waals surface area (Å²) in [5.41, 5.74) is 4.95. The smallest absolute Gasteiger partial charge is 0.248 e. The van der Waals surface area contributed by atoms with Crippen LogP contribution in [0.25, 0.3) is 0 Å². The van der Waals surface area contributed by atoms with E-state index in [1.807, 2.05) is 11.9 Å². The van der Waals surface area contributed by atoms with E-state index in [4.69, 9.17) is 5.73 Å². The summed E-state index contributed by atoms with van der Waals surface area (Å²) in [5, 5.41) is 2.22. The van der Waals surface area contributed by atoms with Gasteiger partial charge in [0.05, 0.1) is 0 Å². The van der Waals surface area contributed by atoms with Gasteiger partial charge in [-0.25, -0.2) is 0 Å². The molecule has 0 radical (unpaired) electrons. The maximum absolute atomic E-state index is 11.4. The summed E-state index contributed by atoms with van der Waals surface area (Å²) in [4.78, 5) is 24.0. The van der Waals surface area contributed by atoms with Gasteiger partial charge < -0.3 is 10.6 Å². The average molecular weight is 185 g/mol. The Kier molecular flexibility index (Phi) is 2.68. The molecule has 2 amide bonds. The summed E-state index contributed by atoms with van der Waals surface area (Å²) >= 11 is 0. The standard InChI is InChI=1S/C8H15N3O2/c1-6(12)10-7(13)8(9)3-4-11(2)5-8/h3-5,9H2,1-2H3,(H,10,12,13). The summed E-state index contributed by atoms with van der Waals surface area (Å²) in [5.74, 6) is -0.728. The number of carbonyl (C=O) groups is 2. The Balaban J connectivity index is 2.60. The minimum atomic E-state index is -0.888. The SMILES string of the molecule is CC(=O)NC(=O)C1(N)CCN(C)C1. The van der Waals surface area contributed by atoms with Crippen LogP contribution >= 0.6 is 0 Å². The van der Waals surface area contributed by atoms with E-state index in [0.29, 0.717) is 13.0 Å². The Labute approximate surface area is 77.3 Å². The van der Waals surface area contributed by atoms with Gasteiger partial charge in [0.1, 0.15) is 5.54 Å². The molecule has 0 spiro atoms. The normalized spacial score (nSPS) is 28.8. The van der Waals surface area contributed by atoms with E-state index in [-0.39, 0.29) is 11.8 Å². The first-order valence-corrected chi connectivity index (χ1v) is 4.23. The van der Waals surface area contributed by atoms with Crippen molar-refractivity contribution in [3.8, 4) is 0 Å². The zero-order valence-corrected chi connectivity index (χ0v) is 7.96. The van der Waals surface area contributed by atoms with E-state index in [1.54, 1.807) is 0 Å². The van der Waals surface area contributed by atoms with E-state index < -0.39 is 5.54 Å². The molecular weight excluding hydrogens is 170 g/mol. The van der Waals surface area contributed by atoms with Crippen molar-refractivity contribution in [1.82, 2.24) is 10.2 Å². The van der Waals surface area contributed by atoms with Crippen LogP contribution in [-0.4, -0.2) is 42.4 Å². The van der Waals surface area contributed by atoms with Crippen molar-refractivity contribution in [3.63, 3.8) is 0 Å². The van der Waals surface area contributed by atoms with E-state index in [2.05, 4.69) is 5.32 Å². The highest BCUT2D eigenvalue weighted by Gasteiger charge is 2.39. The number of hydrogen-bond donors (Lipinski definition) is 2. The fourth-order valence-electron chi connectivity index (χ4n) is 1.50. The predicted molar refractivity (Wildman–Crippen MR) is 47.9 cm³/mol. The van der Waals surface area contributed by atoms with E-state index >= 15 is 0 Å². The number of nitrogens with two attached hydrogens (primary N) is 1. The second kappa shape index (κ2) is 3.43. The molecule has 1 aliphatic rings. The van der Waals surface area contributed by atoms with Gasteiger partial charge in [0, 0.05) is 20.0 Å². The zero-order valence-electron chi connectivity index (χ0n) is 7.96. The van der Waals surface area contributed by atoms with Gasteiger partial charge in [-0.1, -0.05) is 0 Å². The summed E-state index contributed by atoms with van der Waals surface area (Å²) in [6, 6.07) is 0. The molecule has 1 saturated heterocycles. The van der Waals surface area contributed by atoms with Crippen molar-refractivity contribution in [1.29, 1.82) is 0 Å². The fraction of sp³-hybridized carbons (Fsp3) is 0.750. The molecule has 5 nitrogen and oxygen atoms in total. The quantitative estimate of drug-likeness (QED) is 0.531. The number of imide groups is 1. The number of hydrogen-bond acceptors (Lipinski definition) is 4. The Morgan fingerprint density at radius 3 is 2.54 bits per heavy atom. The Bertz CT molecular complexity index is 242. The van der Waals surface area contributed by atoms with Crippen LogP contribution in [0.1, 0.15) is 13.3 Å². The minimum Gasteiger partial charge on any atom is -0.316 e. The lowest BCUT2D eigenvalue weighted by atomic mass is 9.99. The van der Waals surface area contributed by atoms with Gasteiger partial charge in [-0.05, 0) is 13.5 Å². The maximum Gasteiger partial charge on any atom is 0.248 e. The third-order valence-corrected chi connectivity index (χ3v) is 2.23. The number of nitrogens with zero attached hydrogens (tertiary/aromatic N) is 1. The van der Waals surface area contributed by atoms with Gasteiger partial charge in [0.25, 0.3) is 0 Å². The fourth-order valence-corrected chi connectivity index (χ4v) is 1.50. The molecule has 74 valence electrons. The van der Waals surface area contributed by atoms with Crippen molar-refractivity contribution < 1.29 is 9.59 Å². The van der Waals surface area contributed by atoms with Crippen LogP contribution < -0.4 is 11.1 Å². The van der Waals surface area contributed by atoms with Crippen LogP contribution in [0.3, 0.4) is 0 Å². The number of likely N-dealkylation sites (N-methyl/N-ethyl adjacent to an activating group) is 1. The van der Waals surface area contributed by atoms with Crippen molar-refractivity contribution >= 4 is 11.8 Å². The molecule has 0 aromatic rings. The summed E-state index contributed by atoms with van der Waals surface area (Å²) in [6.45, 7) is 2.61. The molecule has 3 N–H and O–H groups in total. The van der Waals surface area contributed by atoms with E-state index in [0.717, 1.165) is 6.54 Å². The van der Waals surface area contributed by atoms with Gasteiger partial charge in [-0.2, -0.15) is 0 Å². The molecule has 0 aromatic heterocycles. The first-order chi connectivity index (χ1) is 5.94. The average Bonchev–Trinajstić information content (AvgIpc) is 2.31. The molecule has 0 aliphatic carbocycles. The molecule has 0 bridgehead atoms. The van der Waals surface area contributed by atoms with Crippen molar-refractivity contribution in [2.75, 3.05) is 20.1 Å².